The number of aliphatic hydroxyl groups is 1. The third kappa shape index (κ3) is 4.20. The van der Waals surface area contributed by atoms with Gasteiger partial charge in [-0.15, -0.1) is 0 Å². The van der Waals surface area contributed by atoms with E-state index in [1.807, 2.05) is 0 Å². The molecule has 1 fully saturated rings. The van der Waals surface area contributed by atoms with Gasteiger partial charge in [0, 0.05) is 6.61 Å². The van der Waals surface area contributed by atoms with E-state index < -0.39 is 21.6 Å². The number of rotatable bonds is 4. The number of aliphatic hydroxyl groups excluding tert-OH is 1. The first-order valence-electron chi connectivity index (χ1n) is 6.69. The van der Waals surface area contributed by atoms with Crippen LogP contribution in [-0.2, 0) is 22.4 Å². The van der Waals surface area contributed by atoms with Crippen molar-refractivity contribution in [3.05, 3.63) is 35.4 Å². The van der Waals surface area contributed by atoms with Crippen molar-refractivity contribution < 1.29 is 26.7 Å². The molecule has 118 valence electrons. The predicted octanol–water partition coefficient (Wildman–Crippen LogP) is 2.29. The lowest BCUT2D eigenvalue weighted by Gasteiger charge is -2.20. The number of hydrogen-bond acceptors (Lipinski definition) is 3. The second-order valence-electron chi connectivity index (χ2n) is 5.51. The predicted molar refractivity (Wildman–Crippen MR) is 72.5 cm³/mol. The lowest BCUT2D eigenvalue weighted by molar-refractivity contribution is -0.137. The summed E-state index contributed by atoms with van der Waals surface area (Å²) in [6, 6.07) is 4.96. The molecule has 2 atom stereocenters. The lowest BCUT2D eigenvalue weighted by atomic mass is 9.86. The summed E-state index contributed by atoms with van der Waals surface area (Å²) in [5.74, 6) is -0.409. The molecule has 0 amide bonds. The molecule has 1 N–H and O–H groups in total. The molecule has 0 aliphatic carbocycles. The highest BCUT2D eigenvalue weighted by atomic mass is 32.2. The molecule has 7 heteroatoms. The fraction of sp³-hybridized carbons (Fsp3) is 0.571. The highest BCUT2D eigenvalue weighted by Gasteiger charge is 2.34. The molecular formula is C14H17F3O3S. The van der Waals surface area contributed by atoms with Gasteiger partial charge < -0.3 is 5.11 Å². The minimum Gasteiger partial charge on any atom is -0.396 e. The second-order valence-corrected chi connectivity index (χ2v) is 7.74. The Morgan fingerprint density at radius 2 is 2.05 bits per heavy atom. The molecule has 0 spiro atoms. The Morgan fingerprint density at radius 1 is 1.33 bits per heavy atom. The Morgan fingerprint density at radius 3 is 2.57 bits per heavy atom. The third-order valence-corrected chi connectivity index (χ3v) is 5.71. The Balaban J connectivity index is 2.12. The van der Waals surface area contributed by atoms with Crippen LogP contribution in [0.1, 0.15) is 17.5 Å². The van der Waals surface area contributed by atoms with Crippen molar-refractivity contribution in [2.45, 2.75) is 19.0 Å². The van der Waals surface area contributed by atoms with Gasteiger partial charge in [-0.25, -0.2) is 8.42 Å². The number of halogens is 3. The van der Waals surface area contributed by atoms with Crippen molar-refractivity contribution in [3.8, 4) is 0 Å². The zero-order valence-corrected chi connectivity index (χ0v) is 12.1. The highest BCUT2D eigenvalue weighted by Crippen LogP contribution is 2.32. The molecule has 2 rings (SSSR count). The molecule has 2 unspecified atom stereocenters. The van der Waals surface area contributed by atoms with Crippen molar-refractivity contribution in [2.24, 2.45) is 11.8 Å². The van der Waals surface area contributed by atoms with Gasteiger partial charge in [0.1, 0.15) is 0 Å². The zero-order chi connectivity index (χ0) is 15.7. The van der Waals surface area contributed by atoms with Crippen LogP contribution in [0.3, 0.4) is 0 Å². The first kappa shape index (κ1) is 16.3. The smallest absolute Gasteiger partial charge is 0.396 e. The third-order valence-electron chi connectivity index (χ3n) is 3.92. The first-order valence-corrected chi connectivity index (χ1v) is 8.51. The molecule has 1 aliphatic rings. The molecule has 1 aromatic carbocycles. The van der Waals surface area contributed by atoms with Gasteiger partial charge in [0.05, 0.1) is 17.1 Å². The highest BCUT2D eigenvalue weighted by molar-refractivity contribution is 7.91. The van der Waals surface area contributed by atoms with Crippen LogP contribution in [-0.4, -0.2) is 31.6 Å². The molecule has 1 heterocycles. The normalized spacial score (nSPS) is 23.1. The maximum Gasteiger partial charge on any atom is 0.416 e. The van der Waals surface area contributed by atoms with Crippen LogP contribution in [0.5, 0.6) is 0 Å². The number of hydrogen-bond donors (Lipinski definition) is 1. The van der Waals surface area contributed by atoms with Crippen LogP contribution in [0.4, 0.5) is 13.2 Å². The molecule has 1 aromatic rings. The van der Waals surface area contributed by atoms with Gasteiger partial charge >= 0.3 is 6.18 Å². The Kier molecular flexibility index (Phi) is 4.63. The van der Waals surface area contributed by atoms with Crippen LogP contribution >= 0.6 is 0 Å². The Labute approximate surface area is 121 Å². The van der Waals surface area contributed by atoms with Crippen molar-refractivity contribution in [3.63, 3.8) is 0 Å². The van der Waals surface area contributed by atoms with E-state index in [1.54, 1.807) is 6.07 Å². The molecule has 0 aromatic heterocycles. The van der Waals surface area contributed by atoms with E-state index in [9.17, 15) is 26.7 Å². The van der Waals surface area contributed by atoms with Crippen LogP contribution in [0.25, 0.3) is 0 Å². The summed E-state index contributed by atoms with van der Waals surface area (Å²) in [4.78, 5) is 0. The number of benzene rings is 1. The van der Waals surface area contributed by atoms with E-state index in [4.69, 9.17) is 0 Å². The quantitative estimate of drug-likeness (QED) is 0.925. The maximum atomic E-state index is 12.7. The van der Waals surface area contributed by atoms with Crippen LogP contribution < -0.4 is 0 Å². The molecule has 0 saturated carbocycles. The van der Waals surface area contributed by atoms with Crippen molar-refractivity contribution in [2.75, 3.05) is 18.1 Å². The number of sulfone groups is 1. The van der Waals surface area contributed by atoms with Crippen LogP contribution in [0, 0.1) is 11.8 Å². The van der Waals surface area contributed by atoms with Crippen molar-refractivity contribution in [1.82, 2.24) is 0 Å². The van der Waals surface area contributed by atoms with Gasteiger partial charge in [-0.2, -0.15) is 13.2 Å². The Hall–Kier alpha value is -1.08. The van der Waals surface area contributed by atoms with Crippen LogP contribution in [0.2, 0.25) is 0 Å². The molecule has 3 nitrogen and oxygen atoms in total. The summed E-state index contributed by atoms with van der Waals surface area (Å²) >= 11 is 0. The maximum absolute atomic E-state index is 12.7. The van der Waals surface area contributed by atoms with E-state index in [-0.39, 0.29) is 36.4 Å². The van der Waals surface area contributed by atoms with Gasteiger partial charge in [-0.05, 0) is 36.3 Å². The van der Waals surface area contributed by atoms with E-state index in [2.05, 4.69) is 0 Å². The summed E-state index contributed by atoms with van der Waals surface area (Å²) in [5.41, 5.74) is -0.260. The summed E-state index contributed by atoms with van der Waals surface area (Å²) < 4.78 is 60.9. The van der Waals surface area contributed by atoms with Gasteiger partial charge in [0.15, 0.2) is 9.84 Å². The monoisotopic (exact) mass is 322 g/mol. The lowest BCUT2D eigenvalue weighted by Crippen LogP contribution is -2.22. The molecular weight excluding hydrogens is 305 g/mol. The molecule has 21 heavy (non-hydrogen) atoms. The molecule has 0 bridgehead atoms. The minimum absolute atomic E-state index is 0.0111. The summed E-state index contributed by atoms with van der Waals surface area (Å²) in [6.45, 7) is -0.226. The second kappa shape index (κ2) is 5.96. The fourth-order valence-corrected chi connectivity index (χ4v) is 4.67. The molecule has 0 radical (unpaired) electrons. The van der Waals surface area contributed by atoms with Gasteiger partial charge in [-0.1, -0.05) is 18.2 Å². The summed E-state index contributed by atoms with van der Waals surface area (Å²) in [5, 5.41) is 9.43. The average Bonchev–Trinajstić information content (AvgIpc) is 2.75. The first-order chi connectivity index (χ1) is 9.71. The summed E-state index contributed by atoms with van der Waals surface area (Å²) in [6.07, 6.45) is -3.69. The minimum atomic E-state index is -4.40. The molecule has 1 saturated heterocycles. The van der Waals surface area contributed by atoms with E-state index in [0.717, 1.165) is 12.1 Å². The standard InChI is InChI=1S/C14H17F3O3S/c15-14(16,17)13-3-1-2-10(7-13)6-12(8-18)11-4-5-21(19,20)9-11/h1-3,7,11-12,18H,4-6,8-9H2. The van der Waals surface area contributed by atoms with Crippen molar-refractivity contribution >= 4 is 9.84 Å². The largest absolute Gasteiger partial charge is 0.416 e. The van der Waals surface area contributed by atoms with E-state index in [1.165, 1.54) is 6.07 Å². The van der Waals surface area contributed by atoms with Gasteiger partial charge in [-0.3, -0.25) is 0 Å². The van der Waals surface area contributed by atoms with E-state index in [0.29, 0.717) is 12.0 Å². The van der Waals surface area contributed by atoms with Crippen molar-refractivity contribution in [1.29, 1.82) is 0 Å². The van der Waals surface area contributed by atoms with E-state index >= 15 is 0 Å². The Bertz CT molecular complexity index is 596. The fourth-order valence-electron chi connectivity index (χ4n) is 2.75. The molecule has 1 aliphatic heterocycles. The van der Waals surface area contributed by atoms with Gasteiger partial charge in [0.2, 0.25) is 0 Å². The topological polar surface area (TPSA) is 54.4 Å². The summed E-state index contributed by atoms with van der Waals surface area (Å²) in [7, 11) is -3.07. The van der Waals surface area contributed by atoms with Gasteiger partial charge in [0.25, 0.3) is 0 Å². The number of alkyl halides is 3. The van der Waals surface area contributed by atoms with Crippen LogP contribution in [0.15, 0.2) is 24.3 Å². The zero-order valence-electron chi connectivity index (χ0n) is 11.3. The SMILES string of the molecule is O=S1(=O)CCC(C(CO)Cc2cccc(C(F)(F)F)c2)C1. The average molecular weight is 322 g/mol.